The first-order valence-corrected chi connectivity index (χ1v) is 22.9. The second-order valence-corrected chi connectivity index (χ2v) is 16.2. The molecule has 0 spiro atoms. The van der Waals surface area contributed by atoms with Gasteiger partial charge in [-0.15, -0.1) is 0 Å². The molecule has 6 unspecified atom stereocenters. The molecule has 0 saturated heterocycles. The summed E-state index contributed by atoms with van der Waals surface area (Å²) in [5.74, 6) is -1.14. The summed E-state index contributed by atoms with van der Waals surface area (Å²) in [7, 11) is -5.12. The number of carbonyl (C=O) groups excluding carboxylic acids is 2. The first-order valence-electron chi connectivity index (χ1n) is 21.4. The van der Waals surface area contributed by atoms with Gasteiger partial charge in [-0.25, -0.2) is 4.57 Å². The smallest absolute Gasteiger partial charge is 0.462 e. The number of esters is 2. The van der Waals surface area contributed by atoms with E-state index in [1.54, 1.807) is 0 Å². The maximum atomic E-state index is 12.8. The van der Waals surface area contributed by atoms with Crippen molar-refractivity contribution in [1.82, 2.24) is 0 Å². The lowest BCUT2D eigenvalue weighted by Crippen LogP contribution is -2.64. The number of aliphatic hydroxyl groups excluding tert-OH is 5. The van der Waals surface area contributed by atoms with Crippen LogP contribution in [0, 0.1) is 0 Å². The number of rotatable bonds is 34. The van der Waals surface area contributed by atoms with E-state index >= 15 is 0 Å². The van der Waals surface area contributed by atoms with E-state index in [0.29, 0.717) is 12.8 Å². The van der Waals surface area contributed by atoms with Crippen molar-refractivity contribution in [1.29, 1.82) is 0 Å². The van der Waals surface area contributed by atoms with Gasteiger partial charge < -0.3 is 39.9 Å². The Bertz CT molecular complexity index is 1190. The van der Waals surface area contributed by atoms with Crippen LogP contribution >= 0.6 is 7.82 Å². The highest BCUT2D eigenvalue weighted by Crippen LogP contribution is 2.47. The highest BCUT2D eigenvalue weighted by atomic mass is 31.2. The number of allylic oxidation sites excluding steroid dienone is 8. The third kappa shape index (κ3) is 26.5. The molecule has 330 valence electrons. The molecule has 0 amide bonds. The van der Waals surface area contributed by atoms with Crippen molar-refractivity contribution in [3.8, 4) is 0 Å². The number of phosphoric ester groups is 1. The number of ether oxygens (including phenoxy) is 2. The van der Waals surface area contributed by atoms with Crippen molar-refractivity contribution in [3.05, 3.63) is 48.6 Å². The molecule has 8 atom stereocenters. The number of hydrogen-bond donors (Lipinski definition) is 6. The van der Waals surface area contributed by atoms with Gasteiger partial charge >= 0.3 is 19.8 Å². The molecule has 0 radical (unpaired) electrons. The fourth-order valence-electron chi connectivity index (χ4n) is 6.08. The Labute approximate surface area is 341 Å². The van der Waals surface area contributed by atoms with Crippen LogP contribution in [0.4, 0.5) is 0 Å². The molecule has 13 nitrogen and oxygen atoms in total. The first kappa shape index (κ1) is 52.8. The van der Waals surface area contributed by atoms with Crippen molar-refractivity contribution in [2.24, 2.45) is 0 Å². The van der Waals surface area contributed by atoms with Crippen molar-refractivity contribution in [2.45, 2.75) is 198 Å². The summed E-state index contributed by atoms with van der Waals surface area (Å²) in [6.45, 7) is 3.17. The maximum Gasteiger partial charge on any atom is 0.472 e. The predicted octanol–water partition coefficient (Wildman–Crippen LogP) is 7.61. The van der Waals surface area contributed by atoms with Crippen LogP contribution in [0.15, 0.2) is 48.6 Å². The van der Waals surface area contributed by atoms with Gasteiger partial charge in [0.1, 0.15) is 43.2 Å². The summed E-state index contributed by atoms with van der Waals surface area (Å²) in [5.41, 5.74) is 0. The van der Waals surface area contributed by atoms with E-state index in [1.807, 2.05) is 0 Å². The summed E-state index contributed by atoms with van der Waals surface area (Å²) >= 11 is 0. The minimum atomic E-state index is -5.12. The molecular formula is C43H75O13P. The highest BCUT2D eigenvalue weighted by molar-refractivity contribution is 7.47. The summed E-state index contributed by atoms with van der Waals surface area (Å²) in [6, 6.07) is 0. The van der Waals surface area contributed by atoms with Crippen molar-refractivity contribution < 1.29 is 63.1 Å². The molecule has 6 N–H and O–H groups in total. The molecule has 57 heavy (non-hydrogen) atoms. The van der Waals surface area contributed by atoms with E-state index in [-0.39, 0.29) is 12.8 Å². The standard InChI is InChI=1S/C43H75O13P/c1-3-5-7-9-11-13-15-17-19-21-23-25-27-29-31-36(44)53-33-35(34-54-57(51,52)56-43-41(49)39(47)38(46)40(48)42(43)50)55-37(45)32-30-28-26-24-22-20-18-16-14-12-10-8-6-4-2/h9-12,15-18,35,38-43,46-50H,3-8,13-14,19-34H2,1-2H3,(H,51,52)/b11-9-,12-10-,17-15-,18-16-/t35-,38?,39-,40?,41?,42?,43?/m1/s1. The summed E-state index contributed by atoms with van der Waals surface area (Å²) in [4.78, 5) is 35.6. The van der Waals surface area contributed by atoms with Crippen LogP contribution in [0.1, 0.15) is 155 Å². The van der Waals surface area contributed by atoms with Crippen LogP contribution in [0.3, 0.4) is 0 Å². The summed E-state index contributed by atoms with van der Waals surface area (Å²) < 4.78 is 33.4. The van der Waals surface area contributed by atoms with Gasteiger partial charge in [-0.1, -0.05) is 127 Å². The number of carbonyl (C=O) groups is 2. The van der Waals surface area contributed by atoms with Crippen LogP contribution in [-0.2, 0) is 32.7 Å². The van der Waals surface area contributed by atoms with Crippen LogP contribution in [0.2, 0.25) is 0 Å². The minimum absolute atomic E-state index is 0.0758. The number of aliphatic hydroxyl groups is 5. The van der Waals surface area contributed by atoms with E-state index in [4.69, 9.17) is 18.5 Å². The van der Waals surface area contributed by atoms with Crippen molar-refractivity contribution in [2.75, 3.05) is 13.2 Å². The Morgan fingerprint density at radius 1 is 0.544 bits per heavy atom. The third-order valence-electron chi connectivity index (χ3n) is 9.64. The van der Waals surface area contributed by atoms with Crippen LogP contribution in [0.5, 0.6) is 0 Å². The lowest BCUT2D eigenvalue weighted by Gasteiger charge is -2.41. The van der Waals surface area contributed by atoms with Gasteiger partial charge in [-0.3, -0.25) is 18.6 Å². The van der Waals surface area contributed by atoms with E-state index in [9.17, 15) is 44.6 Å². The van der Waals surface area contributed by atoms with Gasteiger partial charge in [0, 0.05) is 12.8 Å². The van der Waals surface area contributed by atoms with Gasteiger partial charge in [0.25, 0.3) is 0 Å². The first-order chi connectivity index (χ1) is 27.4. The molecule has 0 aromatic carbocycles. The molecular weight excluding hydrogens is 755 g/mol. The van der Waals surface area contributed by atoms with E-state index in [1.165, 1.54) is 25.7 Å². The fourth-order valence-corrected chi connectivity index (χ4v) is 7.06. The second-order valence-electron chi connectivity index (χ2n) is 14.8. The normalized spacial score (nSPS) is 23.2. The highest BCUT2D eigenvalue weighted by Gasteiger charge is 2.51. The van der Waals surface area contributed by atoms with Crippen molar-refractivity contribution in [3.63, 3.8) is 0 Å². The molecule has 0 aliphatic heterocycles. The van der Waals surface area contributed by atoms with E-state index < -0.39 is 75.7 Å². The van der Waals surface area contributed by atoms with Crippen LogP contribution < -0.4 is 0 Å². The number of hydrogen-bond acceptors (Lipinski definition) is 12. The maximum absolute atomic E-state index is 12.8. The molecule has 1 saturated carbocycles. The number of phosphoric acid groups is 1. The fraction of sp³-hybridized carbons (Fsp3) is 0.767. The van der Waals surface area contributed by atoms with Gasteiger partial charge in [0.15, 0.2) is 6.10 Å². The van der Waals surface area contributed by atoms with Crippen LogP contribution in [-0.4, -0.2) is 98.3 Å². The largest absolute Gasteiger partial charge is 0.472 e. The third-order valence-corrected chi connectivity index (χ3v) is 10.6. The molecule has 0 aromatic rings. The minimum Gasteiger partial charge on any atom is -0.462 e. The Morgan fingerprint density at radius 3 is 1.42 bits per heavy atom. The van der Waals surface area contributed by atoms with Crippen molar-refractivity contribution >= 4 is 19.8 Å². The van der Waals surface area contributed by atoms with Crippen LogP contribution in [0.25, 0.3) is 0 Å². The van der Waals surface area contributed by atoms with E-state index in [2.05, 4.69) is 62.5 Å². The molecule has 14 heteroatoms. The SMILES string of the molecule is CCCC/C=C\C/C=C\CCCCCCCC(=O)OC[C@H](COP(=O)(O)OC1C(O)C(O)C(O)[C@@H](O)C1O)OC(=O)CCCCCCC/C=C\C/C=C\CCCC. The second kappa shape index (κ2) is 33.6. The zero-order valence-electron chi connectivity index (χ0n) is 34.6. The Hall–Kier alpha value is -2.19. The number of unbranched alkanes of at least 4 members (excludes halogenated alkanes) is 14. The molecule has 1 fully saturated rings. The zero-order valence-corrected chi connectivity index (χ0v) is 35.5. The molecule has 1 aliphatic carbocycles. The molecule has 0 heterocycles. The monoisotopic (exact) mass is 830 g/mol. The average molecular weight is 831 g/mol. The van der Waals surface area contributed by atoms with E-state index in [0.717, 1.165) is 89.9 Å². The van der Waals surface area contributed by atoms with Gasteiger partial charge in [0.05, 0.1) is 6.61 Å². The van der Waals surface area contributed by atoms with Gasteiger partial charge in [-0.05, 0) is 64.2 Å². The molecule has 0 aromatic heterocycles. The predicted molar refractivity (Wildman–Crippen MR) is 221 cm³/mol. The zero-order chi connectivity index (χ0) is 42.2. The quantitative estimate of drug-likeness (QED) is 0.0160. The Kier molecular flexibility index (Phi) is 31.2. The Morgan fingerprint density at radius 2 is 0.947 bits per heavy atom. The molecule has 1 rings (SSSR count). The lowest BCUT2D eigenvalue weighted by molar-refractivity contribution is -0.220. The molecule has 0 bridgehead atoms. The molecule has 1 aliphatic rings. The average Bonchev–Trinajstić information content (AvgIpc) is 3.19. The lowest BCUT2D eigenvalue weighted by atomic mass is 9.85. The van der Waals surface area contributed by atoms with Gasteiger partial charge in [-0.2, -0.15) is 0 Å². The Balaban J connectivity index is 2.52. The topological polar surface area (TPSA) is 210 Å². The van der Waals surface area contributed by atoms with Gasteiger partial charge in [0.2, 0.25) is 0 Å². The summed E-state index contributed by atoms with van der Waals surface area (Å²) in [6.07, 6.45) is 24.5. The summed E-state index contributed by atoms with van der Waals surface area (Å²) in [5, 5.41) is 50.0.